The van der Waals surface area contributed by atoms with Crippen LogP contribution >= 0.6 is 0 Å². The standard InChI is InChI=1S/C33H35N3O2/c1-7-10-22(2)24(4)19-27-17-18-36(31-12-9-8-11-30(31)26(27)6)33(38)23(3)13-14-28(20-34)25(5)29-15-16-32(37)35-21-29/h8-16,19,21H,5,7,17-18H2,1-4,6H3,(H,35,37)/b22-10+,23-13+,24-19+,28-14-. The number of fused-ring (bicyclic) bond motifs is 1. The summed E-state index contributed by atoms with van der Waals surface area (Å²) in [4.78, 5) is 19.3. The number of nitrogens with zero attached hydrogens (tertiary/aromatic N) is 3. The molecule has 0 radical (unpaired) electrons. The van der Waals surface area contributed by atoms with Gasteiger partial charge in [-0.25, -0.2) is 4.98 Å². The zero-order chi connectivity index (χ0) is 27.8. The molecule has 194 valence electrons. The summed E-state index contributed by atoms with van der Waals surface area (Å²) in [6.07, 6.45) is 10.9. The van der Waals surface area contributed by atoms with E-state index in [2.05, 4.69) is 63.5 Å². The number of aromatic nitrogens is 1. The van der Waals surface area contributed by atoms with E-state index in [-0.39, 0.29) is 11.8 Å². The third-order valence-electron chi connectivity index (χ3n) is 6.83. The Morgan fingerprint density at radius 2 is 1.87 bits per heavy atom. The van der Waals surface area contributed by atoms with Crippen LogP contribution in [-0.2, 0) is 4.79 Å². The maximum absolute atomic E-state index is 13.7. The van der Waals surface area contributed by atoms with Crippen LogP contribution in [0.2, 0.25) is 0 Å². The molecule has 3 rings (SSSR count). The Bertz CT molecular complexity index is 1430. The van der Waals surface area contributed by atoms with Gasteiger partial charge in [0.25, 0.3) is 5.91 Å². The van der Waals surface area contributed by atoms with E-state index in [1.54, 1.807) is 25.1 Å². The average Bonchev–Trinajstić information content (AvgIpc) is 3.05. The molecule has 0 fully saturated rings. The Balaban J connectivity index is 1.92. The van der Waals surface area contributed by atoms with Crippen molar-refractivity contribution in [1.29, 1.82) is 5.26 Å². The number of para-hydroxylation sites is 1. The van der Waals surface area contributed by atoms with Crippen LogP contribution in [0.3, 0.4) is 0 Å². The fourth-order valence-electron chi connectivity index (χ4n) is 4.39. The first-order valence-electron chi connectivity index (χ1n) is 12.8. The summed E-state index contributed by atoms with van der Waals surface area (Å²) < 4.78 is 0. The topological polar surface area (TPSA) is 77.2 Å². The molecule has 5 heteroatoms. The molecule has 0 atom stereocenters. The highest BCUT2D eigenvalue weighted by atomic mass is 16.3. The van der Waals surface area contributed by atoms with E-state index in [1.807, 2.05) is 23.1 Å². The second kappa shape index (κ2) is 12.7. The van der Waals surface area contributed by atoms with Gasteiger partial charge in [-0.05, 0) is 81.0 Å². The Hall–Kier alpha value is -4.43. The third-order valence-corrected chi connectivity index (χ3v) is 6.83. The lowest BCUT2D eigenvalue weighted by Gasteiger charge is -2.23. The van der Waals surface area contributed by atoms with Crippen LogP contribution in [0.25, 0.3) is 11.1 Å². The molecule has 0 bridgehead atoms. The molecule has 1 amide bonds. The number of benzene rings is 1. The van der Waals surface area contributed by atoms with Crippen LogP contribution in [0.1, 0.15) is 58.6 Å². The highest BCUT2D eigenvalue weighted by Crippen LogP contribution is 2.35. The molecule has 0 unspecified atom stereocenters. The van der Waals surface area contributed by atoms with Crippen LogP contribution in [0.5, 0.6) is 5.88 Å². The second-order valence-corrected chi connectivity index (χ2v) is 9.42. The van der Waals surface area contributed by atoms with Crippen LogP contribution in [0.15, 0.2) is 101 Å². The first kappa shape index (κ1) is 28.1. The number of carbonyl (C=O) groups excluding carboxylic acids is 1. The van der Waals surface area contributed by atoms with Gasteiger partial charge < -0.3 is 10.0 Å². The van der Waals surface area contributed by atoms with Crippen molar-refractivity contribution >= 4 is 22.7 Å². The molecule has 1 aromatic heterocycles. The van der Waals surface area contributed by atoms with Gasteiger partial charge in [-0.3, -0.25) is 4.79 Å². The summed E-state index contributed by atoms with van der Waals surface area (Å²) in [5.41, 5.74) is 8.74. The van der Waals surface area contributed by atoms with Gasteiger partial charge in [0.2, 0.25) is 5.88 Å². The molecule has 38 heavy (non-hydrogen) atoms. The summed E-state index contributed by atoms with van der Waals surface area (Å²) >= 11 is 0. The molecule has 1 N–H and O–H groups in total. The van der Waals surface area contributed by atoms with Crippen molar-refractivity contribution in [3.05, 3.63) is 112 Å². The minimum Gasteiger partial charge on any atom is -0.493 e. The number of carbonyl (C=O) groups is 1. The van der Waals surface area contributed by atoms with Crippen molar-refractivity contribution in [2.24, 2.45) is 0 Å². The van der Waals surface area contributed by atoms with E-state index in [0.29, 0.717) is 28.8 Å². The maximum atomic E-state index is 13.7. The number of hydrogen-bond acceptors (Lipinski definition) is 4. The van der Waals surface area contributed by atoms with Gasteiger partial charge in [0.15, 0.2) is 0 Å². The minimum atomic E-state index is -0.111. The fourth-order valence-corrected chi connectivity index (χ4v) is 4.39. The lowest BCUT2D eigenvalue weighted by atomic mass is 9.96. The predicted molar refractivity (Wildman–Crippen MR) is 156 cm³/mol. The Morgan fingerprint density at radius 1 is 1.13 bits per heavy atom. The predicted octanol–water partition coefficient (Wildman–Crippen LogP) is 7.71. The van der Waals surface area contributed by atoms with Gasteiger partial charge >= 0.3 is 0 Å². The van der Waals surface area contributed by atoms with E-state index in [0.717, 1.165) is 24.1 Å². The van der Waals surface area contributed by atoms with Crippen LogP contribution in [0.4, 0.5) is 5.69 Å². The van der Waals surface area contributed by atoms with E-state index in [4.69, 9.17) is 0 Å². The number of rotatable bonds is 7. The van der Waals surface area contributed by atoms with Gasteiger partial charge in [-0.15, -0.1) is 0 Å². The Morgan fingerprint density at radius 3 is 2.53 bits per heavy atom. The Labute approximate surface area is 226 Å². The summed E-state index contributed by atoms with van der Waals surface area (Å²) in [6.45, 7) is 14.8. The van der Waals surface area contributed by atoms with E-state index < -0.39 is 0 Å². The normalized spacial score (nSPS) is 15.1. The lowest BCUT2D eigenvalue weighted by molar-refractivity contribution is -0.115. The SMILES string of the molecule is C=C(/C(C#N)=C\C=C(/C)C(=O)N1CCC(/C=C(C)/C(C)=C/CC)=C(C)c2ccccc21)c1ccc(O)nc1. The number of anilines is 1. The first-order chi connectivity index (χ1) is 18.2. The molecule has 2 aromatic rings. The summed E-state index contributed by atoms with van der Waals surface area (Å²) in [5.74, 6) is -0.214. The van der Waals surface area contributed by atoms with Crippen molar-refractivity contribution in [2.45, 2.75) is 47.5 Å². The Kier molecular flexibility index (Phi) is 9.40. The molecule has 1 aliphatic heterocycles. The van der Waals surface area contributed by atoms with Crippen molar-refractivity contribution in [1.82, 2.24) is 4.98 Å². The molecule has 2 heterocycles. The molecule has 0 saturated carbocycles. The van der Waals surface area contributed by atoms with Gasteiger partial charge in [-0.1, -0.05) is 55.5 Å². The number of aromatic hydroxyl groups is 1. The third kappa shape index (κ3) is 6.46. The smallest absolute Gasteiger partial charge is 0.253 e. The minimum absolute atomic E-state index is 0.103. The van der Waals surface area contributed by atoms with E-state index in [1.165, 1.54) is 34.6 Å². The maximum Gasteiger partial charge on any atom is 0.253 e. The largest absolute Gasteiger partial charge is 0.493 e. The number of nitriles is 1. The zero-order valence-electron chi connectivity index (χ0n) is 22.9. The number of pyridine rings is 1. The number of hydrogen-bond donors (Lipinski definition) is 1. The van der Waals surface area contributed by atoms with Crippen molar-refractivity contribution in [3.8, 4) is 11.9 Å². The van der Waals surface area contributed by atoms with Gasteiger partial charge in [0.1, 0.15) is 0 Å². The fraction of sp³-hybridized carbons (Fsp3) is 0.242. The molecule has 1 aromatic carbocycles. The molecule has 0 spiro atoms. The van der Waals surface area contributed by atoms with Gasteiger partial charge in [0, 0.05) is 35.5 Å². The highest BCUT2D eigenvalue weighted by molar-refractivity contribution is 6.07. The molecule has 0 aliphatic carbocycles. The number of amides is 1. The average molecular weight is 506 g/mol. The zero-order valence-corrected chi connectivity index (χ0v) is 22.9. The van der Waals surface area contributed by atoms with Crippen LogP contribution in [0, 0.1) is 11.3 Å². The highest BCUT2D eigenvalue weighted by Gasteiger charge is 2.24. The first-order valence-corrected chi connectivity index (χ1v) is 12.8. The molecule has 5 nitrogen and oxygen atoms in total. The van der Waals surface area contributed by atoms with E-state index >= 15 is 0 Å². The number of allylic oxidation sites excluding steroid dienone is 9. The summed E-state index contributed by atoms with van der Waals surface area (Å²) in [6, 6.07) is 13.2. The van der Waals surface area contributed by atoms with Crippen molar-refractivity contribution in [2.75, 3.05) is 11.4 Å². The van der Waals surface area contributed by atoms with Gasteiger partial charge in [0.05, 0.1) is 17.3 Å². The van der Waals surface area contributed by atoms with Crippen LogP contribution in [-0.4, -0.2) is 22.5 Å². The molecule has 1 aliphatic rings. The van der Waals surface area contributed by atoms with E-state index in [9.17, 15) is 15.2 Å². The summed E-state index contributed by atoms with van der Waals surface area (Å²) in [7, 11) is 0. The quantitative estimate of drug-likeness (QED) is 0.237. The van der Waals surface area contributed by atoms with Crippen LogP contribution < -0.4 is 4.90 Å². The monoisotopic (exact) mass is 505 g/mol. The molecule has 0 saturated heterocycles. The molecular formula is C33H35N3O2. The van der Waals surface area contributed by atoms with Crippen molar-refractivity contribution < 1.29 is 9.90 Å². The molecular weight excluding hydrogens is 470 g/mol. The van der Waals surface area contributed by atoms with Crippen molar-refractivity contribution in [3.63, 3.8) is 0 Å². The second-order valence-electron chi connectivity index (χ2n) is 9.42. The lowest BCUT2D eigenvalue weighted by Crippen LogP contribution is -2.32. The van der Waals surface area contributed by atoms with Gasteiger partial charge in [-0.2, -0.15) is 5.26 Å². The summed E-state index contributed by atoms with van der Waals surface area (Å²) in [5, 5.41) is 19.1.